The lowest BCUT2D eigenvalue weighted by molar-refractivity contribution is 0.0620. The lowest BCUT2D eigenvalue weighted by Crippen LogP contribution is -2.48. The molecule has 0 spiro atoms. The number of hydrogen-bond acceptors (Lipinski definition) is 6. The van der Waals surface area contributed by atoms with Crippen LogP contribution in [0.3, 0.4) is 0 Å². The van der Waals surface area contributed by atoms with Crippen molar-refractivity contribution in [1.29, 1.82) is 0 Å². The number of benzene rings is 1. The van der Waals surface area contributed by atoms with Crippen LogP contribution in [0.25, 0.3) is 10.9 Å². The number of aromatic nitrogens is 1. The van der Waals surface area contributed by atoms with Gasteiger partial charge >= 0.3 is 6.09 Å². The lowest BCUT2D eigenvalue weighted by atomic mass is 10.1. The second-order valence-electron chi connectivity index (χ2n) is 9.80. The molecule has 2 saturated heterocycles. The summed E-state index contributed by atoms with van der Waals surface area (Å²) < 4.78 is 11.4. The van der Waals surface area contributed by atoms with Crippen molar-refractivity contribution < 1.29 is 19.4 Å². The first-order valence-corrected chi connectivity index (χ1v) is 12.3. The minimum absolute atomic E-state index is 0.125. The molecule has 3 N–H and O–H groups in total. The number of ether oxygens (including phenoxy) is 2. The molecule has 0 saturated carbocycles. The number of hydrogen-bond donors (Lipinski definition) is 3. The van der Waals surface area contributed by atoms with Crippen LogP contribution in [0, 0.1) is 5.92 Å². The highest BCUT2D eigenvalue weighted by Gasteiger charge is 2.23. The van der Waals surface area contributed by atoms with Crippen LogP contribution in [0.4, 0.5) is 4.79 Å². The van der Waals surface area contributed by atoms with Gasteiger partial charge in [-0.3, -0.25) is 4.90 Å². The molecule has 2 aromatic rings. The number of piperidine rings is 2. The number of nitrogens with one attached hydrogen (secondary N) is 2. The van der Waals surface area contributed by atoms with Gasteiger partial charge in [-0.15, -0.1) is 0 Å². The number of H-pyrrole nitrogens is 1. The van der Waals surface area contributed by atoms with Crippen molar-refractivity contribution in [3.8, 4) is 11.6 Å². The highest BCUT2D eigenvalue weighted by atomic mass is 16.6. The van der Waals surface area contributed by atoms with Gasteiger partial charge in [-0.2, -0.15) is 0 Å². The number of aromatic amines is 1. The van der Waals surface area contributed by atoms with Gasteiger partial charge < -0.3 is 29.8 Å². The van der Waals surface area contributed by atoms with Gasteiger partial charge in [-0.1, -0.05) is 19.9 Å². The van der Waals surface area contributed by atoms with Crippen LogP contribution >= 0.6 is 0 Å². The standard InChI is InChI=1S/C25H38N4O4/c1-18(2)17-32-23-7-3-6-22-21(23)15-24(27-22)33-25(31)26-19-8-11-28(12-9-19)13-14-29-10-4-5-20(30)16-29/h3,6-7,15,18-20,27,30H,4-5,8-14,16-17H2,1-2H3,(H,26,31)/t20-/m1/s1. The number of aliphatic hydroxyl groups excluding tert-OH is 1. The van der Waals surface area contributed by atoms with Crippen molar-refractivity contribution in [2.24, 2.45) is 5.92 Å². The minimum atomic E-state index is -0.424. The third kappa shape index (κ3) is 6.85. The summed E-state index contributed by atoms with van der Waals surface area (Å²) in [6, 6.07) is 7.76. The molecule has 4 rings (SSSR count). The molecule has 2 aliphatic heterocycles. The fourth-order valence-electron chi connectivity index (χ4n) is 4.65. The number of fused-ring (bicyclic) bond motifs is 1. The third-order valence-corrected chi connectivity index (χ3v) is 6.50. The maximum absolute atomic E-state index is 12.5. The maximum atomic E-state index is 12.5. The quantitative estimate of drug-likeness (QED) is 0.563. The summed E-state index contributed by atoms with van der Waals surface area (Å²) in [6.07, 6.45) is 3.24. The van der Waals surface area contributed by atoms with Crippen molar-refractivity contribution in [1.82, 2.24) is 20.1 Å². The van der Waals surface area contributed by atoms with Gasteiger partial charge in [0.2, 0.25) is 5.88 Å². The first kappa shape index (κ1) is 23.9. The SMILES string of the molecule is CC(C)COc1cccc2[nH]c(OC(=O)NC3CCN(CCN4CCC[C@@H](O)C4)CC3)cc12. The Kier molecular flexibility index (Phi) is 8.11. The van der Waals surface area contributed by atoms with Gasteiger partial charge in [0.1, 0.15) is 5.75 Å². The molecule has 2 fully saturated rings. The predicted molar refractivity (Wildman–Crippen MR) is 129 cm³/mol. The molecule has 8 heteroatoms. The monoisotopic (exact) mass is 458 g/mol. The molecule has 0 bridgehead atoms. The molecule has 3 heterocycles. The first-order chi connectivity index (χ1) is 16.0. The molecular formula is C25H38N4O4. The van der Waals surface area contributed by atoms with Gasteiger partial charge in [0.05, 0.1) is 18.2 Å². The number of likely N-dealkylation sites (tertiary alicyclic amines) is 2. The normalized spacial score (nSPS) is 20.9. The largest absolute Gasteiger partial charge is 0.493 e. The van der Waals surface area contributed by atoms with E-state index in [1.807, 2.05) is 24.3 Å². The first-order valence-electron chi connectivity index (χ1n) is 12.3. The van der Waals surface area contributed by atoms with E-state index in [1.165, 1.54) is 0 Å². The fourth-order valence-corrected chi connectivity index (χ4v) is 4.65. The molecule has 33 heavy (non-hydrogen) atoms. The van der Waals surface area contributed by atoms with Crippen LogP contribution in [0.5, 0.6) is 11.6 Å². The molecule has 1 atom stereocenters. The van der Waals surface area contributed by atoms with E-state index in [9.17, 15) is 9.90 Å². The van der Waals surface area contributed by atoms with E-state index in [1.54, 1.807) is 0 Å². The van der Waals surface area contributed by atoms with Crippen molar-refractivity contribution in [3.05, 3.63) is 24.3 Å². The summed E-state index contributed by atoms with van der Waals surface area (Å²) in [5.41, 5.74) is 0.883. The average Bonchev–Trinajstić information content (AvgIpc) is 3.20. The van der Waals surface area contributed by atoms with E-state index < -0.39 is 6.09 Å². The number of rotatable bonds is 8. The van der Waals surface area contributed by atoms with Crippen LogP contribution in [0.15, 0.2) is 24.3 Å². The Balaban J connectivity index is 1.21. The Bertz CT molecular complexity index is 907. The van der Waals surface area contributed by atoms with E-state index in [0.717, 1.165) is 81.6 Å². The minimum Gasteiger partial charge on any atom is -0.493 e. The molecule has 1 amide bonds. The Labute approximate surface area is 196 Å². The van der Waals surface area contributed by atoms with Crippen molar-refractivity contribution >= 4 is 17.0 Å². The molecule has 2 aliphatic rings. The average molecular weight is 459 g/mol. The lowest BCUT2D eigenvalue weighted by Gasteiger charge is -2.35. The number of β-amino-alcohol motifs (C(OH)–C–C–N with tert-alkyl or cyclic N) is 1. The van der Waals surface area contributed by atoms with E-state index in [-0.39, 0.29) is 12.1 Å². The fraction of sp³-hybridized carbons (Fsp3) is 0.640. The number of amides is 1. The Morgan fingerprint density at radius 2 is 1.97 bits per heavy atom. The zero-order chi connectivity index (χ0) is 23.2. The van der Waals surface area contributed by atoms with E-state index in [0.29, 0.717) is 18.4 Å². The predicted octanol–water partition coefficient (Wildman–Crippen LogP) is 3.21. The molecule has 8 nitrogen and oxygen atoms in total. The second kappa shape index (κ2) is 11.2. The topological polar surface area (TPSA) is 90.1 Å². The van der Waals surface area contributed by atoms with Gasteiger partial charge in [0.15, 0.2) is 0 Å². The Hall–Kier alpha value is -2.29. The van der Waals surface area contributed by atoms with Gasteiger partial charge in [-0.05, 0) is 50.3 Å². The summed E-state index contributed by atoms with van der Waals surface area (Å²) in [5.74, 6) is 1.65. The summed E-state index contributed by atoms with van der Waals surface area (Å²) in [5, 5.41) is 13.8. The van der Waals surface area contributed by atoms with E-state index in [4.69, 9.17) is 9.47 Å². The summed E-state index contributed by atoms with van der Waals surface area (Å²) in [4.78, 5) is 20.4. The second-order valence-corrected chi connectivity index (χ2v) is 9.80. The van der Waals surface area contributed by atoms with Crippen LogP contribution in [0.2, 0.25) is 0 Å². The van der Waals surface area contributed by atoms with Crippen LogP contribution in [-0.2, 0) is 0 Å². The van der Waals surface area contributed by atoms with E-state index >= 15 is 0 Å². The van der Waals surface area contributed by atoms with Crippen LogP contribution < -0.4 is 14.8 Å². The smallest absolute Gasteiger partial charge is 0.414 e. The summed E-state index contributed by atoms with van der Waals surface area (Å²) >= 11 is 0. The van der Waals surface area contributed by atoms with Crippen molar-refractivity contribution in [2.45, 2.75) is 51.7 Å². The third-order valence-electron chi connectivity index (χ3n) is 6.50. The summed E-state index contributed by atoms with van der Waals surface area (Å²) in [7, 11) is 0. The van der Waals surface area contributed by atoms with Crippen molar-refractivity contribution in [2.75, 3.05) is 45.9 Å². The van der Waals surface area contributed by atoms with Crippen LogP contribution in [-0.4, -0.2) is 84.0 Å². The molecule has 0 unspecified atom stereocenters. The molecule has 1 aromatic carbocycles. The summed E-state index contributed by atoms with van der Waals surface area (Å²) in [6.45, 7) is 10.7. The molecular weight excluding hydrogens is 420 g/mol. The maximum Gasteiger partial charge on any atom is 0.414 e. The Morgan fingerprint density at radius 1 is 1.18 bits per heavy atom. The molecule has 0 aliphatic carbocycles. The number of carbonyl (C=O) groups is 1. The molecule has 182 valence electrons. The van der Waals surface area contributed by atoms with Gasteiger partial charge in [0, 0.05) is 50.2 Å². The number of aliphatic hydroxyl groups is 1. The van der Waals surface area contributed by atoms with Crippen LogP contribution in [0.1, 0.15) is 39.5 Å². The molecule has 0 radical (unpaired) electrons. The Morgan fingerprint density at radius 3 is 2.73 bits per heavy atom. The van der Waals surface area contributed by atoms with E-state index in [2.05, 4.69) is 33.9 Å². The number of nitrogens with zero attached hydrogens (tertiary/aromatic N) is 2. The van der Waals surface area contributed by atoms with Gasteiger partial charge in [0.25, 0.3) is 0 Å². The van der Waals surface area contributed by atoms with Crippen molar-refractivity contribution in [3.63, 3.8) is 0 Å². The molecule has 1 aromatic heterocycles. The highest BCUT2D eigenvalue weighted by Crippen LogP contribution is 2.29. The van der Waals surface area contributed by atoms with Gasteiger partial charge in [-0.25, -0.2) is 4.79 Å². The zero-order valence-corrected chi connectivity index (χ0v) is 19.9. The number of carbonyl (C=O) groups excluding carboxylic acids is 1. The highest BCUT2D eigenvalue weighted by molar-refractivity contribution is 5.88. The zero-order valence-electron chi connectivity index (χ0n) is 19.9.